The lowest BCUT2D eigenvalue weighted by Gasteiger charge is -2.32. The molecule has 10 aromatic rings. The highest BCUT2D eigenvalue weighted by Gasteiger charge is 2.52. The summed E-state index contributed by atoms with van der Waals surface area (Å²) in [6, 6.07) is 63.0. The van der Waals surface area contributed by atoms with Crippen molar-refractivity contribution in [2.75, 3.05) is 0 Å². The van der Waals surface area contributed by atoms with Gasteiger partial charge in [-0.25, -0.2) is 9.97 Å². The van der Waals surface area contributed by atoms with Gasteiger partial charge in [0, 0.05) is 37.9 Å². The first kappa shape index (κ1) is 28.3. The smallest absolute Gasteiger partial charge is 0.187 e. The number of para-hydroxylation sites is 2. The Morgan fingerprint density at radius 1 is 0.471 bits per heavy atom. The van der Waals surface area contributed by atoms with E-state index < -0.39 is 8.07 Å². The zero-order valence-electron chi connectivity index (χ0n) is 27.5. The Bertz CT molecular complexity index is 2930. The minimum atomic E-state index is -2.97. The van der Waals surface area contributed by atoms with Gasteiger partial charge in [0.25, 0.3) is 0 Å². The monoisotopic (exact) mass is 667 g/mol. The zero-order valence-corrected chi connectivity index (χ0v) is 28.5. The molecule has 0 aliphatic carbocycles. The van der Waals surface area contributed by atoms with Crippen LogP contribution in [-0.4, -0.2) is 22.6 Å². The molecule has 4 nitrogen and oxygen atoms in total. The van der Waals surface area contributed by atoms with E-state index >= 15 is 0 Å². The zero-order chi connectivity index (χ0) is 33.5. The van der Waals surface area contributed by atoms with Crippen molar-refractivity contribution in [2.24, 2.45) is 0 Å². The quantitative estimate of drug-likeness (QED) is 0.177. The van der Waals surface area contributed by atoms with Gasteiger partial charge in [0.05, 0.1) is 16.7 Å². The van der Waals surface area contributed by atoms with Crippen LogP contribution in [0.15, 0.2) is 180 Å². The number of nitrogens with zero attached hydrogens (tertiary/aromatic N) is 3. The summed E-state index contributed by atoms with van der Waals surface area (Å²) in [5.41, 5.74) is 7.14. The predicted molar refractivity (Wildman–Crippen MR) is 212 cm³/mol. The van der Waals surface area contributed by atoms with Gasteiger partial charge in [-0.15, -0.1) is 0 Å². The summed E-state index contributed by atoms with van der Waals surface area (Å²) in [5.74, 6) is 1.64. The Balaban J connectivity index is 1.37. The fourth-order valence-corrected chi connectivity index (χ4v) is 13.8. The highest BCUT2D eigenvalue weighted by Crippen LogP contribution is 2.40. The van der Waals surface area contributed by atoms with E-state index in [1.54, 1.807) is 0 Å². The van der Waals surface area contributed by atoms with Gasteiger partial charge in [-0.3, -0.25) is 4.57 Å². The fraction of sp³-hybridized carbons (Fsp3) is 0. The molecule has 1 aliphatic heterocycles. The lowest BCUT2D eigenvalue weighted by Crippen LogP contribution is -2.73. The number of benzene rings is 7. The maximum atomic E-state index is 6.44. The average molecular weight is 668 g/mol. The van der Waals surface area contributed by atoms with E-state index in [0.29, 0.717) is 5.82 Å². The van der Waals surface area contributed by atoms with Crippen LogP contribution in [0.1, 0.15) is 0 Å². The van der Waals surface area contributed by atoms with E-state index in [0.717, 1.165) is 60.8 Å². The first-order valence-corrected chi connectivity index (χ1v) is 19.3. The Labute approximate surface area is 294 Å². The van der Waals surface area contributed by atoms with Gasteiger partial charge < -0.3 is 4.42 Å². The Hall–Kier alpha value is -6.56. The number of rotatable bonds is 4. The molecule has 0 saturated carbocycles. The number of aromatic nitrogens is 3. The van der Waals surface area contributed by atoms with E-state index in [2.05, 4.69) is 162 Å². The molecular weight excluding hydrogens is 639 g/mol. The van der Waals surface area contributed by atoms with Crippen molar-refractivity contribution in [1.82, 2.24) is 14.5 Å². The average Bonchev–Trinajstić information content (AvgIpc) is 3.84. The van der Waals surface area contributed by atoms with Crippen LogP contribution in [0.25, 0.3) is 72.2 Å². The number of fused-ring (bicyclic) bond motifs is 9. The lowest BCUT2D eigenvalue weighted by atomic mass is 10.1. The van der Waals surface area contributed by atoms with Crippen LogP contribution < -0.4 is 20.7 Å². The third-order valence-corrected chi connectivity index (χ3v) is 15.5. The van der Waals surface area contributed by atoms with Crippen molar-refractivity contribution in [2.45, 2.75) is 0 Å². The Morgan fingerprint density at radius 2 is 1.10 bits per heavy atom. The van der Waals surface area contributed by atoms with Crippen molar-refractivity contribution in [3.8, 4) is 28.5 Å². The van der Waals surface area contributed by atoms with Crippen molar-refractivity contribution < 1.29 is 4.42 Å². The molecule has 0 spiro atoms. The second-order valence-corrected chi connectivity index (χ2v) is 17.0. The topological polar surface area (TPSA) is 43.9 Å². The van der Waals surface area contributed by atoms with Crippen LogP contribution in [0.2, 0.25) is 0 Å². The molecule has 51 heavy (non-hydrogen) atoms. The van der Waals surface area contributed by atoms with Crippen LogP contribution in [-0.2, 0) is 0 Å². The summed E-state index contributed by atoms with van der Waals surface area (Å²) in [5, 5.41) is 9.65. The molecule has 238 valence electrons. The van der Waals surface area contributed by atoms with E-state index in [1.165, 1.54) is 26.3 Å². The third-order valence-electron chi connectivity index (χ3n) is 10.7. The summed E-state index contributed by atoms with van der Waals surface area (Å²) in [7, 11) is -2.97. The van der Waals surface area contributed by atoms with Crippen LogP contribution in [0.3, 0.4) is 0 Å². The second kappa shape index (κ2) is 10.7. The van der Waals surface area contributed by atoms with E-state index in [1.807, 2.05) is 18.2 Å². The normalized spacial score (nSPS) is 13.3. The molecule has 0 atom stereocenters. The number of hydrogen-bond donors (Lipinski definition) is 0. The van der Waals surface area contributed by atoms with Crippen LogP contribution in [0.5, 0.6) is 0 Å². The Kier molecular flexibility index (Phi) is 5.95. The summed E-state index contributed by atoms with van der Waals surface area (Å²) < 4.78 is 8.85. The van der Waals surface area contributed by atoms with Crippen molar-refractivity contribution in [1.29, 1.82) is 0 Å². The molecule has 0 N–H and O–H groups in total. The Morgan fingerprint density at radius 3 is 1.86 bits per heavy atom. The summed E-state index contributed by atoms with van der Waals surface area (Å²) in [6.45, 7) is 0. The van der Waals surface area contributed by atoms with E-state index in [-0.39, 0.29) is 0 Å². The maximum absolute atomic E-state index is 6.44. The highest BCUT2D eigenvalue weighted by atomic mass is 28.3. The van der Waals surface area contributed by atoms with Gasteiger partial charge in [-0.2, -0.15) is 0 Å². The van der Waals surface area contributed by atoms with Crippen LogP contribution >= 0.6 is 0 Å². The van der Waals surface area contributed by atoms with Gasteiger partial charge in [0.2, 0.25) is 0 Å². The van der Waals surface area contributed by atoms with Gasteiger partial charge >= 0.3 is 0 Å². The van der Waals surface area contributed by atoms with Gasteiger partial charge in [0.15, 0.2) is 13.9 Å². The number of furan rings is 1. The maximum Gasteiger partial charge on any atom is 0.187 e. The molecule has 0 bridgehead atoms. The third kappa shape index (κ3) is 3.89. The molecule has 4 heterocycles. The molecule has 0 radical (unpaired) electrons. The molecule has 3 aromatic heterocycles. The molecule has 5 heteroatoms. The van der Waals surface area contributed by atoms with E-state index in [4.69, 9.17) is 14.4 Å². The molecule has 1 aliphatic rings. The SMILES string of the molecule is c1ccc(-c2nc3c(c(-n4c5ccccc5c5cc6oc7ccccc7c6cc54)n2)[Si](c2ccccc2)(c2ccccc2)c2ccccc2-3)cc1. The fourth-order valence-electron chi connectivity index (χ4n) is 8.58. The van der Waals surface area contributed by atoms with Crippen LogP contribution in [0, 0.1) is 0 Å². The standard InChI is InChI=1S/C46H29N3OSi/c1-4-16-30(17-5-1)45-47-43-35-24-12-15-27-42(35)51(31-18-6-2-7-19-31,32-20-8-3-9-21-32)44(43)46(48-45)49-38-25-13-10-22-33(38)36-29-41-37(28-39(36)49)34-23-11-14-26-40(34)50-41/h1-29H. The van der Waals surface area contributed by atoms with Gasteiger partial charge in [-0.05, 0) is 39.8 Å². The largest absolute Gasteiger partial charge is 0.456 e. The predicted octanol–water partition coefficient (Wildman–Crippen LogP) is 8.50. The minimum Gasteiger partial charge on any atom is -0.456 e. The molecule has 11 rings (SSSR count). The lowest BCUT2D eigenvalue weighted by molar-refractivity contribution is 0.669. The first-order valence-electron chi connectivity index (χ1n) is 17.3. The molecule has 0 unspecified atom stereocenters. The van der Waals surface area contributed by atoms with E-state index in [9.17, 15) is 0 Å². The summed E-state index contributed by atoms with van der Waals surface area (Å²) >= 11 is 0. The molecule has 0 fully saturated rings. The van der Waals surface area contributed by atoms with Crippen LogP contribution in [0.4, 0.5) is 0 Å². The molecular formula is C46H29N3OSi. The summed E-state index contributed by atoms with van der Waals surface area (Å²) in [4.78, 5) is 11.2. The molecule has 0 saturated heterocycles. The van der Waals surface area contributed by atoms with Gasteiger partial charge in [-0.1, -0.05) is 152 Å². The first-order chi connectivity index (χ1) is 25.3. The molecule has 7 aromatic carbocycles. The van der Waals surface area contributed by atoms with Crippen molar-refractivity contribution in [3.63, 3.8) is 0 Å². The highest BCUT2D eigenvalue weighted by molar-refractivity contribution is 7.22. The van der Waals surface area contributed by atoms with Gasteiger partial charge in [0.1, 0.15) is 17.0 Å². The summed E-state index contributed by atoms with van der Waals surface area (Å²) in [6.07, 6.45) is 0. The van der Waals surface area contributed by atoms with Crippen molar-refractivity contribution >= 4 is 72.6 Å². The number of hydrogen-bond acceptors (Lipinski definition) is 3. The minimum absolute atomic E-state index is 0.714. The second-order valence-electron chi connectivity index (χ2n) is 13.3. The molecule has 0 amide bonds. The van der Waals surface area contributed by atoms with Crippen molar-refractivity contribution in [3.05, 3.63) is 176 Å².